The minimum atomic E-state index is -0.435. The van der Waals surface area contributed by atoms with Gasteiger partial charge >= 0.3 is 0 Å². The summed E-state index contributed by atoms with van der Waals surface area (Å²) in [5.41, 5.74) is 10.7. The molecule has 0 saturated carbocycles. The van der Waals surface area contributed by atoms with Crippen LogP contribution in [-0.2, 0) is 4.79 Å². The van der Waals surface area contributed by atoms with E-state index in [4.69, 9.17) is 11.5 Å². The number of nitrogens with two attached hydrogens (primary N) is 2. The van der Waals surface area contributed by atoms with Gasteiger partial charge in [0, 0.05) is 17.3 Å². The number of primary amides is 1. The van der Waals surface area contributed by atoms with E-state index < -0.39 is 11.9 Å². The van der Waals surface area contributed by atoms with Crippen molar-refractivity contribution in [2.45, 2.75) is 19.4 Å². The van der Waals surface area contributed by atoms with Crippen LogP contribution in [0.4, 0.5) is 0 Å². The van der Waals surface area contributed by atoms with Crippen LogP contribution in [0.25, 0.3) is 0 Å². The molecule has 1 heterocycles. The van der Waals surface area contributed by atoms with E-state index in [1.807, 2.05) is 0 Å². The first-order valence-corrected chi connectivity index (χ1v) is 4.97. The number of carbonyl (C=O) groups excluding carboxylic acids is 2. The molecule has 0 spiro atoms. The number of hydrogen-bond donors (Lipinski definition) is 2. The van der Waals surface area contributed by atoms with Crippen molar-refractivity contribution in [3.8, 4) is 0 Å². The minimum Gasteiger partial charge on any atom is -0.370 e. The average molecular weight is 212 g/mol. The topological polar surface area (TPSA) is 86.2 Å². The van der Waals surface area contributed by atoms with Gasteiger partial charge in [-0.05, 0) is 19.1 Å². The first-order valence-electron chi connectivity index (χ1n) is 4.15. The van der Waals surface area contributed by atoms with Crippen LogP contribution in [0.5, 0.6) is 0 Å². The smallest absolute Gasteiger partial charge is 0.219 e. The van der Waals surface area contributed by atoms with E-state index in [9.17, 15) is 9.59 Å². The highest BCUT2D eigenvalue weighted by molar-refractivity contribution is 7.14. The zero-order valence-electron chi connectivity index (χ0n) is 7.82. The molecule has 4 nitrogen and oxygen atoms in total. The van der Waals surface area contributed by atoms with E-state index in [1.165, 1.54) is 18.3 Å². The molecule has 1 amide bonds. The molecule has 0 saturated heterocycles. The second-order valence-electron chi connectivity index (χ2n) is 3.04. The molecule has 5 heteroatoms. The van der Waals surface area contributed by atoms with Crippen LogP contribution in [-0.4, -0.2) is 11.7 Å². The summed E-state index contributed by atoms with van der Waals surface area (Å²) in [6.07, 6.45) is 0.109. The van der Waals surface area contributed by atoms with Crippen LogP contribution < -0.4 is 11.5 Å². The third kappa shape index (κ3) is 2.65. The Labute approximate surface area is 85.9 Å². The standard InChI is InChI=1S/C9H12N2O2S/c1-5(12)7-2-3-8(14-7)6(10)4-9(11)13/h2-3,6H,4,10H2,1H3,(H2,11,13). The van der Waals surface area contributed by atoms with Gasteiger partial charge in [0.15, 0.2) is 5.78 Å². The van der Waals surface area contributed by atoms with Gasteiger partial charge in [-0.3, -0.25) is 9.59 Å². The third-order valence-corrected chi connectivity index (χ3v) is 3.08. The van der Waals surface area contributed by atoms with E-state index in [0.29, 0.717) is 4.88 Å². The Morgan fingerprint density at radius 1 is 1.50 bits per heavy atom. The van der Waals surface area contributed by atoms with Crippen LogP contribution in [0, 0.1) is 0 Å². The Bertz CT molecular complexity index is 359. The van der Waals surface area contributed by atoms with E-state index in [0.717, 1.165) is 4.88 Å². The van der Waals surface area contributed by atoms with E-state index in [2.05, 4.69) is 0 Å². The number of thiophene rings is 1. The van der Waals surface area contributed by atoms with Crippen LogP contribution >= 0.6 is 11.3 Å². The highest BCUT2D eigenvalue weighted by atomic mass is 32.1. The molecule has 0 aliphatic heterocycles. The number of carbonyl (C=O) groups is 2. The molecule has 1 atom stereocenters. The molecule has 1 aromatic rings. The van der Waals surface area contributed by atoms with Gasteiger partial charge in [-0.2, -0.15) is 0 Å². The average Bonchev–Trinajstić information content (AvgIpc) is 2.50. The van der Waals surface area contributed by atoms with Crippen molar-refractivity contribution in [2.24, 2.45) is 11.5 Å². The predicted octanol–water partition coefficient (Wildman–Crippen LogP) is 0.826. The Hall–Kier alpha value is -1.20. The fourth-order valence-corrected chi connectivity index (χ4v) is 1.96. The summed E-state index contributed by atoms with van der Waals surface area (Å²) in [5, 5.41) is 0. The lowest BCUT2D eigenvalue weighted by atomic mass is 10.2. The van der Waals surface area contributed by atoms with Gasteiger partial charge in [0.2, 0.25) is 5.91 Å². The number of amides is 1. The fraction of sp³-hybridized carbons (Fsp3) is 0.333. The van der Waals surface area contributed by atoms with Crippen molar-refractivity contribution >= 4 is 23.0 Å². The number of ketones is 1. The SMILES string of the molecule is CC(=O)c1ccc(C(N)CC(N)=O)s1. The highest BCUT2D eigenvalue weighted by Gasteiger charge is 2.12. The van der Waals surface area contributed by atoms with Gasteiger partial charge in [-0.1, -0.05) is 0 Å². The number of hydrogen-bond acceptors (Lipinski definition) is 4. The van der Waals surface area contributed by atoms with Crippen molar-refractivity contribution in [2.75, 3.05) is 0 Å². The van der Waals surface area contributed by atoms with Crippen molar-refractivity contribution in [1.82, 2.24) is 0 Å². The van der Waals surface area contributed by atoms with Gasteiger partial charge < -0.3 is 11.5 Å². The van der Waals surface area contributed by atoms with E-state index in [1.54, 1.807) is 12.1 Å². The van der Waals surface area contributed by atoms with Crippen molar-refractivity contribution in [3.05, 3.63) is 21.9 Å². The summed E-state index contributed by atoms with van der Waals surface area (Å²) in [4.78, 5) is 23.1. The summed E-state index contributed by atoms with van der Waals surface area (Å²) >= 11 is 1.31. The second kappa shape index (κ2) is 4.34. The van der Waals surface area contributed by atoms with Gasteiger partial charge in [0.25, 0.3) is 0 Å². The van der Waals surface area contributed by atoms with E-state index in [-0.39, 0.29) is 12.2 Å². The number of rotatable bonds is 4. The summed E-state index contributed by atoms with van der Waals surface area (Å²) in [6.45, 7) is 1.50. The molecule has 0 fully saturated rings. The molecule has 76 valence electrons. The molecule has 0 aliphatic carbocycles. The predicted molar refractivity (Wildman–Crippen MR) is 55.1 cm³/mol. The maximum Gasteiger partial charge on any atom is 0.219 e. The molecular formula is C9H12N2O2S. The molecule has 0 radical (unpaired) electrons. The molecule has 4 N–H and O–H groups in total. The molecule has 1 rings (SSSR count). The summed E-state index contributed by atoms with van der Waals surface area (Å²) in [7, 11) is 0. The molecule has 14 heavy (non-hydrogen) atoms. The molecular weight excluding hydrogens is 200 g/mol. The lowest BCUT2D eigenvalue weighted by molar-refractivity contribution is -0.118. The highest BCUT2D eigenvalue weighted by Crippen LogP contribution is 2.23. The van der Waals surface area contributed by atoms with Gasteiger partial charge in [-0.15, -0.1) is 11.3 Å². The van der Waals surface area contributed by atoms with Crippen molar-refractivity contribution in [3.63, 3.8) is 0 Å². The fourth-order valence-electron chi connectivity index (χ4n) is 1.06. The van der Waals surface area contributed by atoms with Crippen molar-refractivity contribution in [1.29, 1.82) is 0 Å². The van der Waals surface area contributed by atoms with Gasteiger partial charge in [0.1, 0.15) is 0 Å². The van der Waals surface area contributed by atoms with E-state index >= 15 is 0 Å². The maximum atomic E-state index is 11.0. The largest absolute Gasteiger partial charge is 0.370 e. The van der Waals surface area contributed by atoms with Gasteiger partial charge in [-0.25, -0.2) is 0 Å². The third-order valence-electron chi connectivity index (χ3n) is 1.76. The summed E-state index contributed by atoms with van der Waals surface area (Å²) in [5.74, 6) is -0.428. The molecule has 0 aliphatic rings. The maximum absolute atomic E-state index is 11.0. The Balaban J connectivity index is 2.76. The molecule has 0 aromatic carbocycles. The summed E-state index contributed by atoms with van der Waals surface area (Å²) < 4.78 is 0. The lowest BCUT2D eigenvalue weighted by Crippen LogP contribution is -2.19. The Kier molecular flexibility index (Phi) is 3.38. The summed E-state index contributed by atoms with van der Waals surface area (Å²) in [6, 6.07) is 3.07. The molecule has 1 unspecified atom stereocenters. The Morgan fingerprint density at radius 2 is 2.14 bits per heavy atom. The lowest BCUT2D eigenvalue weighted by Gasteiger charge is -2.05. The van der Waals surface area contributed by atoms with Crippen molar-refractivity contribution < 1.29 is 9.59 Å². The van der Waals surface area contributed by atoms with Crippen LogP contribution in [0.1, 0.15) is 33.9 Å². The molecule has 1 aromatic heterocycles. The number of Topliss-reactive ketones (excluding diaryl/α,β-unsaturated/α-hetero) is 1. The molecule has 0 bridgehead atoms. The van der Waals surface area contributed by atoms with Gasteiger partial charge in [0.05, 0.1) is 4.88 Å². The van der Waals surface area contributed by atoms with Crippen LogP contribution in [0.3, 0.4) is 0 Å². The monoisotopic (exact) mass is 212 g/mol. The Morgan fingerprint density at radius 3 is 2.57 bits per heavy atom. The normalized spacial score (nSPS) is 12.4. The van der Waals surface area contributed by atoms with Crippen LogP contribution in [0.15, 0.2) is 12.1 Å². The quantitative estimate of drug-likeness (QED) is 0.724. The zero-order chi connectivity index (χ0) is 10.7. The first-order chi connectivity index (χ1) is 6.50. The van der Waals surface area contributed by atoms with Crippen LogP contribution in [0.2, 0.25) is 0 Å². The minimum absolute atomic E-state index is 0.00697. The zero-order valence-corrected chi connectivity index (χ0v) is 8.64. The first kappa shape index (κ1) is 10.9. The second-order valence-corrected chi connectivity index (χ2v) is 4.15.